The predicted octanol–water partition coefficient (Wildman–Crippen LogP) is 1.13. The molecule has 0 saturated carbocycles. The minimum Gasteiger partial charge on any atom is -0.368 e. The molecule has 0 fully saturated rings. The Balaban J connectivity index is 2.13. The first-order chi connectivity index (χ1) is 9.63. The molecular weight excluding hydrogens is 254 g/mol. The van der Waals surface area contributed by atoms with E-state index in [4.69, 9.17) is 5.73 Å². The Morgan fingerprint density at radius 3 is 2.85 bits per heavy atom. The molecular formula is C14H13N5O. The number of hydrogen-bond donors (Lipinski definition) is 1. The predicted molar refractivity (Wildman–Crippen MR) is 76.3 cm³/mol. The Morgan fingerprint density at radius 1 is 1.25 bits per heavy atom. The maximum atomic E-state index is 11.8. The van der Waals surface area contributed by atoms with Crippen LogP contribution in [-0.2, 0) is 6.54 Å². The monoisotopic (exact) mass is 267 g/mol. The Bertz CT molecular complexity index is 840. The molecule has 6 heteroatoms. The van der Waals surface area contributed by atoms with E-state index in [9.17, 15) is 4.79 Å². The average Bonchev–Trinajstić information content (AvgIpc) is 2.41. The smallest absolute Gasteiger partial charge is 0.352 e. The van der Waals surface area contributed by atoms with Gasteiger partial charge in [-0.1, -0.05) is 18.2 Å². The molecule has 6 nitrogen and oxygen atoms in total. The topological polar surface area (TPSA) is 86.7 Å². The number of anilines is 1. The number of hydrogen-bond acceptors (Lipinski definition) is 5. The fourth-order valence-electron chi connectivity index (χ4n) is 2.19. The van der Waals surface area contributed by atoms with Gasteiger partial charge in [0.15, 0.2) is 0 Å². The van der Waals surface area contributed by atoms with Crippen molar-refractivity contribution in [2.75, 3.05) is 5.73 Å². The normalized spacial score (nSPS) is 10.8. The number of rotatable bonds is 2. The third-order valence-corrected chi connectivity index (χ3v) is 3.06. The largest absolute Gasteiger partial charge is 0.368 e. The van der Waals surface area contributed by atoms with Crippen LogP contribution >= 0.6 is 0 Å². The molecule has 0 bridgehead atoms. The van der Waals surface area contributed by atoms with Gasteiger partial charge in [-0.25, -0.2) is 9.78 Å². The Labute approximate surface area is 114 Å². The maximum absolute atomic E-state index is 11.8. The van der Waals surface area contributed by atoms with E-state index in [1.54, 1.807) is 0 Å². The third-order valence-electron chi connectivity index (χ3n) is 3.06. The summed E-state index contributed by atoms with van der Waals surface area (Å²) < 4.78 is 1.43. The van der Waals surface area contributed by atoms with Crippen LogP contribution in [0.4, 0.5) is 5.95 Å². The summed E-state index contributed by atoms with van der Waals surface area (Å²) in [6, 6.07) is 9.79. The molecule has 0 aliphatic carbocycles. The van der Waals surface area contributed by atoms with Crippen LogP contribution in [0.3, 0.4) is 0 Å². The first-order valence-electron chi connectivity index (χ1n) is 6.18. The summed E-state index contributed by atoms with van der Waals surface area (Å²) in [6.07, 6.45) is 1.41. The summed E-state index contributed by atoms with van der Waals surface area (Å²) in [4.78, 5) is 23.7. The molecule has 0 amide bonds. The second-order valence-corrected chi connectivity index (χ2v) is 4.56. The van der Waals surface area contributed by atoms with Gasteiger partial charge in [0.25, 0.3) is 0 Å². The second-order valence-electron chi connectivity index (χ2n) is 4.56. The lowest BCUT2D eigenvalue weighted by atomic mass is 10.1. The summed E-state index contributed by atoms with van der Waals surface area (Å²) in [5.41, 5.74) is 7.80. The summed E-state index contributed by atoms with van der Waals surface area (Å²) in [5.74, 6) is -0.0120. The highest BCUT2D eigenvalue weighted by molar-refractivity contribution is 5.82. The highest BCUT2D eigenvalue weighted by Gasteiger charge is 2.06. The van der Waals surface area contributed by atoms with Gasteiger partial charge < -0.3 is 5.73 Å². The molecule has 20 heavy (non-hydrogen) atoms. The molecule has 0 spiro atoms. The molecule has 2 aromatic heterocycles. The van der Waals surface area contributed by atoms with E-state index in [-0.39, 0.29) is 5.95 Å². The van der Waals surface area contributed by atoms with E-state index in [0.717, 1.165) is 22.2 Å². The van der Waals surface area contributed by atoms with Crippen molar-refractivity contribution in [1.29, 1.82) is 0 Å². The standard InChI is InChI=1S/C14H13N5O/c1-9-6-10(11-4-2-3-5-12(11)17-9)7-19-8-16-13(15)18-14(19)20/h2-6,8H,7H2,1H3,(H2,15,18,20). The van der Waals surface area contributed by atoms with Crippen molar-refractivity contribution in [3.63, 3.8) is 0 Å². The molecule has 0 saturated heterocycles. The van der Waals surface area contributed by atoms with Crippen LogP contribution < -0.4 is 11.4 Å². The number of fused-ring (bicyclic) bond motifs is 1. The van der Waals surface area contributed by atoms with Crippen LogP contribution in [0.2, 0.25) is 0 Å². The van der Waals surface area contributed by atoms with Crippen molar-refractivity contribution in [3.8, 4) is 0 Å². The lowest BCUT2D eigenvalue weighted by molar-refractivity contribution is 0.706. The molecule has 3 aromatic rings. The highest BCUT2D eigenvalue weighted by Crippen LogP contribution is 2.18. The fraction of sp³-hybridized carbons (Fsp3) is 0.143. The molecule has 0 aliphatic rings. The van der Waals surface area contributed by atoms with E-state index in [1.165, 1.54) is 10.9 Å². The second kappa shape index (κ2) is 4.73. The van der Waals surface area contributed by atoms with Crippen LogP contribution in [0, 0.1) is 6.92 Å². The minimum absolute atomic E-state index is 0.0120. The van der Waals surface area contributed by atoms with Crippen LogP contribution in [0.15, 0.2) is 41.5 Å². The zero-order valence-electron chi connectivity index (χ0n) is 10.9. The summed E-state index contributed by atoms with van der Waals surface area (Å²) in [7, 11) is 0. The Morgan fingerprint density at radius 2 is 2.05 bits per heavy atom. The van der Waals surface area contributed by atoms with E-state index in [0.29, 0.717) is 6.54 Å². The van der Waals surface area contributed by atoms with E-state index in [2.05, 4.69) is 15.0 Å². The van der Waals surface area contributed by atoms with Crippen LogP contribution in [-0.4, -0.2) is 19.5 Å². The number of benzene rings is 1. The van der Waals surface area contributed by atoms with Gasteiger partial charge in [-0.3, -0.25) is 9.55 Å². The quantitative estimate of drug-likeness (QED) is 0.752. The Kier molecular flexibility index (Phi) is 2.90. The van der Waals surface area contributed by atoms with Crippen molar-refractivity contribution in [2.45, 2.75) is 13.5 Å². The third kappa shape index (κ3) is 2.23. The highest BCUT2D eigenvalue weighted by atomic mass is 16.1. The van der Waals surface area contributed by atoms with Crippen molar-refractivity contribution in [3.05, 3.63) is 58.4 Å². The lowest BCUT2D eigenvalue weighted by Gasteiger charge is -2.09. The SMILES string of the molecule is Cc1cc(Cn2cnc(N)nc2=O)c2ccccc2n1. The fourth-order valence-corrected chi connectivity index (χ4v) is 2.19. The molecule has 100 valence electrons. The molecule has 2 heterocycles. The number of aryl methyl sites for hydroxylation is 1. The van der Waals surface area contributed by atoms with Crippen LogP contribution in [0.25, 0.3) is 10.9 Å². The molecule has 3 rings (SSSR count). The molecule has 0 unspecified atom stereocenters. The lowest BCUT2D eigenvalue weighted by Crippen LogP contribution is -2.25. The first kappa shape index (κ1) is 12.3. The van der Waals surface area contributed by atoms with Gasteiger partial charge in [-0.2, -0.15) is 4.98 Å². The molecule has 0 aliphatic heterocycles. The van der Waals surface area contributed by atoms with Gasteiger partial charge in [0.05, 0.1) is 12.1 Å². The number of aromatic nitrogens is 4. The van der Waals surface area contributed by atoms with Gasteiger partial charge in [0.1, 0.15) is 6.33 Å². The van der Waals surface area contributed by atoms with Gasteiger partial charge in [-0.15, -0.1) is 0 Å². The molecule has 0 radical (unpaired) electrons. The van der Waals surface area contributed by atoms with Gasteiger partial charge in [-0.05, 0) is 24.6 Å². The van der Waals surface area contributed by atoms with Crippen molar-refractivity contribution in [2.24, 2.45) is 0 Å². The maximum Gasteiger partial charge on any atom is 0.352 e. The van der Waals surface area contributed by atoms with Crippen molar-refractivity contribution >= 4 is 16.9 Å². The number of para-hydroxylation sites is 1. The van der Waals surface area contributed by atoms with Crippen LogP contribution in [0.1, 0.15) is 11.3 Å². The average molecular weight is 267 g/mol. The summed E-state index contributed by atoms with van der Waals surface area (Å²) >= 11 is 0. The molecule has 2 N–H and O–H groups in total. The van der Waals surface area contributed by atoms with Gasteiger partial charge >= 0.3 is 5.69 Å². The number of pyridine rings is 1. The first-order valence-corrected chi connectivity index (χ1v) is 6.18. The minimum atomic E-state index is -0.406. The van der Waals surface area contributed by atoms with Gasteiger partial charge in [0, 0.05) is 11.1 Å². The molecule has 1 aromatic carbocycles. The van der Waals surface area contributed by atoms with E-state index in [1.807, 2.05) is 37.3 Å². The Hall–Kier alpha value is -2.76. The van der Waals surface area contributed by atoms with Crippen LogP contribution in [0.5, 0.6) is 0 Å². The number of nitrogens with zero attached hydrogens (tertiary/aromatic N) is 4. The zero-order valence-corrected chi connectivity index (χ0v) is 10.9. The van der Waals surface area contributed by atoms with Crippen molar-refractivity contribution in [1.82, 2.24) is 19.5 Å². The summed E-state index contributed by atoms with van der Waals surface area (Å²) in [6.45, 7) is 2.32. The van der Waals surface area contributed by atoms with Crippen molar-refractivity contribution < 1.29 is 0 Å². The van der Waals surface area contributed by atoms with E-state index < -0.39 is 5.69 Å². The number of nitrogen functional groups attached to an aromatic ring is 1. The zero-order chi connectivity index (χ0) is 14.1. The van der Waals surface area contributed by atoms with Gasteiger partial charge in [0.2, 0.25) is 5.95 Å². The number of nitrogens with two attached hydrogens (primary N) is 1. The molecule has 0 atom stereocenters. The van der Waals surface area contributed by atoms with E-state index >= 15 is 0 Å². The summed E-state index contributed by atoms with van der Waals surface area (Å²) in [5, 5.41) is 1.02.